The molecule has 1 heterocycles. The van der Waals surface area contributed by atoms with Crippen LogP contribution in [0.15, 0.2) is 6.33 Å². The molecule has 0 saturated carbocycles. The molecule has 0 aromatic carbocycles. The van der Waals surface area contributed by atoms with Crippen LogP contribution in [0.3, 0.4) is 0 Å². The standard InChI is InChI=1S/C8H14IN3O/c1-8(2,3)13-5-4-12-6-10-7(9)11-12/h6H,4-5H2,1-3H3. The summed E-state index contributed by atoms with van der Waals surface area (Å²) in [4.78, 5) is 4.01. The van der Waals surface area contributed by atoms with Crippen LogP contribution in [0.4, 0.5) is 0 Å². The summed E-state index contributed by atoms with van der Waals surface area (Å²) in [6.45, 7) is 7.55. The van der Waals surface area contributed by atoms with Crippen LogP contribution in [-0.2, 0) is 11.3 Å². The van der Waals surface area contributed by atoms with Gasteiger partial charge in [0.25, 0.3) is 0 Å². The highest BCUT2D eigenvalue weighted by Crippen LogP contribution is 2.06. The second-order valence-corrected chi connectivity index (χ2v) is 4.70. The lowest BCUT2D eigenvalue weighted by atomic mass is 10.2. The highest BCUT2D eigenvalue weighted by Gasteiger charge is 2.09. The van der Waals surface area contributed by atoms with Crippen LogP contribution in [-0.4, -0.2) is 27.0 Å². The van der Waals surface area contributed by atoms with Gasteiger partial charge in [-0.3, -0.25) is 0 Å². The monoisotopic (exact) mass is 295 g/mol. The molecule has 0 amide bonds. The fraction of sp³-hybridized carbons (Fsp3) is 0.750. The molecule has 1 aromatic rings. The van der Waals surface area contributed by atoms with Crippen molar-refractivity contribution in [1.29, 1.82) is 0 Å². The van der Waals surface area contributed by atoms with Crippen LogP contribution in [0.5, 0.6) is 0 Å². The molecule has 1 rings (SSSR count). The summed E-state index contributed by atoms with van der Waals surface area (Å²) in [6.07, 6.45) is 1.72. The zero-order valence-electron chi connectivity index (χ0n) is 8.12. The molecular formula is C8H14IN3O. The van der Waals surface area contributed by atoms with Crippen molar-refractivity contribution in [1.82, 2.24) is 14.8 Å². The molecule has 13 heavy (non-hydrogen) atoms. The van der Waals surface area contributed by atoms with Gasteiger partial charge in [0, 0.05) is 22.6 Å². The largest absolute Gasteiger partial charge is 0.374 e. The van der Waals surface area contributed by atoms with Crippen molar-refractivity contribution in [2.75, 3.05) is 6.61 Å². The first-order chi connectivity index (χ1) is 5.97. The third-order valence-electron chi connectivity index (χ3n) is 1.36. The molecule has 0 unspecified atom stereocenters. The fourth-order valence-corrected chi connectivity index (χ4v) is 1.23. The number of ether oxygens (including phenoxy) is 1. The van der Waals surface area contributed by atoms with E-state index in [0.717, 1.165) is 10.4 Å². The van der Waals surface area contributed by atoms with Crippen LogP contribution < -0.4 is 0 Å². The van der Waals surface area contributed by atoms with Gasteiger partial charge in [-0.15, -0.1) is 5.10 Å². The Labute approximate surface area is 91.8 Å². The number of hydrogen-bond donors (Lipinski definition) is 0. The second-order valence-electron chi connectivity index (χ2n) is 3.74. The molecule has 0 spiro atoms. The Kier molecular flexibility index (Phi) is 3.66. The van der Waals surface area contributed by atoms with Gasteiger partial charge in [0.05, 0.1) is 18.8 Å². The molecule has 1 aromatic heterocycles. The summed E-state index contributed by atoms with van der Waals surface area (Å²) >= 11 is 2.08. The summed E-state index contributed by atoms with van der Waals surface area (Å²) in [5.41, 5.74) is -0.0757. The molecule has 74 valence electrons. The van der Waals surface area contributed by atoms with Crippen LogP contribution in [0, 0.1) is 3.83 Å². The van der Waals surface area contributed by atoms with Gasteiger partial charge in [-0.05, 0) is 20.8 Å². The Morgan fingerprint density at radius 1 is 1.54 bits per heavy atom. The van der Waals surface area contributed by atoms with Crippen LogP contribution in [0.2, 0.25) is 0 Å². The molecule has 0 saturated heterocycles. The van der Waals surface area contributed by atoms with Gasteiger partial charge in [0.2, 0.25) is 3.83 Å². The first-order valence-electron chi connectivity index (χ1n) is 4.16. The summed E-state index contributed by atoms with van der Waals surface area (Å²) in [6, 6.07) is 0. The van der Waals surface area contributed by atoms with Crippen molar-refractivity contribution in [2.45, 2.75) is 32.9 Å². The SMILES string of the molecule is CC(C)(C)OCCn1cnc(I)n1. The summed E-state index contributed by atoms with van der Waals surface area (Å²) in [7, 11) is 0. The average molecular weight is 295 g/mol. The highest BCUT2D eigenvalue weighted by molar-refractivity contribution is 14.1. The van der Waals surface area contributed by atoms with Crippen molar-refractivity contribution in [3.8, 4) is 0 Å². The molecule has 0 radical (unpaired) electrons. The smallest absolute Gasteiger partial charge is 0.211 e. The number of aromatic nitrogens is 3. The maximum absolute atomic E-state index is 5.55. The van der Waals surface area contributed by atoms with E-state index in [-0.39, 0.29) is 5.60 Å². The van der Waals surface area contributed by atoms with Gasteiger partial charge in [-0.25, -0.2) is 9.67 Å². The van der Waals surface area contributed by atoms with E-state index in [9.17, 15) is 0 Å². The number of rotatable bonds is 3. The van der Waals surface area contributed by atoms with E-state index >= 15 is 0 Å². The molecular weight excluding hydrogens is 281 g/mol. The van der Waals surface area contributed by atoms with Crippen LogP contribution in [0.25, 0.3) is 0 Å². The van der Waals surface area contributed by atoms with Crippen LogP contribution in [0.1, 0.15) is 20.8 Å². The van der Waals surface area contributed by atoms with E-state index in [0.29, 0.717) is 6.61 Å². The Balaban J connectivity index is 2.28. The van der Waals surface area contributed by atoms with Gasteiger partial charge >= 0.3 is 0 Å². The van der Waals surface area contributed by atoms with E-state index in [1.165, 1.54) is 0 Å². The van der Waals surface area contributed by atoms with Gasteiger partial charge < -0.3 is 4.74 Å². The Morgan fingerprint density at radius 2 is 2.23 bits per heavy atom. The molecule has 0 N–H and O–H groups in total. The predicted molar refractivity (Wildman–Crippen MR) is 58.4 cm³/mol. The Morgan fingerprint density at radius 3 is 2.69 bits per heavy atom. The van der Waals surface area contributed by atoms with Gasteiger partial charge in [-0.2, -0.15) is 0 Å². The minimum Gasteiger partial charge on any atom is -0.374 e. The molecule has 0 atom stereocenters. The van der Waals surface area contributed by atoms with E-state index in [4.69, 9.17) is 4.74 Å². The molecule has 0 aliphatic rings. The van der Waals surface area contributed by atoms with E-state index < -0.39 is 0 Å². The molecule has 4 nitrogen and oxygen atoms in total. The van der Waals surface area contributed by atoms with E-state index in [2.05, 4.69) is 32.7 Å². The van der Waals surface area contributed by atoms with E-state index in [1.54, 1.807) is 11.0 Å². The third-order valence-corrected chi connectivity index (χ3v) is 1.86. The maximum Gasteiger partial charge on any atom is 0.211 e. The number of hydrogen-bond acceptors (Lipinski definition) is 3. The Hall–Kier alpha value is -0.170. The van der Waals surface area contributed by atoms with Crippen molar-refractivity contribution >= 4 is 22.6 Å². The van der Waals surface area contributed by atoms with Crippen molar-refractivity contribution in [2.24, 2.45) is 0 Å². The van der Waals surface area contributed by atoms with Gasteiger partial charge in [0.15, 0.2) is 0 Å². The number of nitrogens with zero attached hydrogens (tertiary/aromatic N) is 3. The quantitative estimate of drug-likeness (QED) is 0.797. The molecule has 0 aliphatic heterocycles. The molecule has 5 heteroatoms. The van der Waals surface area contributed by atoms with Crippen molar-refractivity contribution in [3.63, 3.8) is 0 Å². The minimum atomic E-state index is -0.0757. The first kappa shape index (κ1) is 10.9. The minimum absolute atomic E-state index is 0.0757. The number of halogens is 1. The Bertz CT molecular complexity index is 267. The first-order valence-corrected chi connectivity index (χ1v) is 5.24. The summed E-state index contributed by atoms with van der Waals surface area (Å²) < 4.78 is 8.11. The van der Waals surface area contributed by atoms with E-state index in [1.807, 2.05) is 20.8 Å². The maximum atomic E-state index is 5.55. The second kappa shape index (κ2) is 4.36. The topological polar surface area (TPSA) is 39.9 Å². The highest BCUT2D eigenvalue weighted by atomic mass is 127. The van der Waals surface area contributed by atoms with Crippen LogP contribution >= 0.6 is 22.6 Å². The lowest BCUT2D eigenvalue weighted by Crippen LogP contribution is -2.22. The lowest BCUT2D eigenvalue weighted by molar-refractivity contribution is -0.00795. The molecule has 0 aliphatic carbocycles. The summed E-state index contributed by atoms with van der Waals surface area (Å²) in [5, 5.41) is 4.14. The average Bonchev–Trinajstić information content (AvgIpc) is 2.33. The zero-order valence-corrected chi connectivity index (χ0v) is 10.3. The third kappa shape index (κ3) is 4.56. The lowest BCUT2D eigenvalue weighted by Gasteiger charge is -2.19. The van der Waals surface area contributed by atoms with Crippen molar-refractivity contribution < 1.29 is 4.74 Å². The summed E-state index contributed by atoms with van der Waals surface area (Å²) in [5.74, 6) is 0. The van der Waals surface area contributed by atoms with Crippen molar-refractivity contribution in [3.05, 3.63) is 10.2 Å². The van der Waals surface area contributed by atoms with Gasteiger partial charge in [-0.1, -0.05) is 0 Å². The predicted octanol–water partition coefficient (Wildman–Crippen LogP) is 1.70. The molecule has 0 bridgehead atoms. The fourth-order valence-electron chi connectivity index (χ4n) is 0.825. The molecule has 0 fully saturated rings. The zero-order chi connectivity index (χ0) is 9.90. The normalized spacial score (nSPS) is 12.0. The van der Waals surface area contributed by atoms with Gasteiger partial charge in [0.1, 0.15) is 6.33 Å².